The Kier molecular flexibility index (Phi) is 2.24. The van der Waals surface area contributed by atoms with Crippen LogP contribution in [0.1, 0.15) is 25.7 Å². The highest BCUT2D eigenvalue weighted by Gasteiger charge is 2.53. The number of hydrogen-bond acceptors (Lipinski definition) is 3. The number of para-hydroxylation sites is 2. The number of carboxylic acids is 1. The molecule has 1 aromatic rings. The van der Waals surface area contributed by atoms with Crippen molar-refractivity contribution in [2.24, 2.45) is 5.92 Å². The largest absolute Gasteiger partial charge is 0.481 e. The first-order chi connectivity index (χ1) is 8.21. The van der Waals surface area contributed by atoms with Gasteiger partial charge in [0.2, 0.25) is 0 Å². The Bertz CT molecular complexity index is 429. The van der Waals surface area contributed by atoms with Gasteiger partial charge in [0, 0.05) is 6.42 Å². The molecule has 1 atom stereocenters. The number of fused-ring (bicyclic) bond motifs is 1. The van der Waals surface area contributed by atoms with Crippen molar-refractivity contribution >= 4 is 5.97 Å². The molecule has 1 aliphatic heterocycles. The van der Waals surface area contributed by atoms with E-state index in [1.807, 2.05) is 24.3 Å². The van der Waals surface area contributed by atoms with Crippen LogP contribution in [-0.4, -0.2) is 16.9 Å². The lowest BCUT2D eigenvalue weighted by Crippen LogP contribution is -2.51. The van der Waals surface area contributed by atoms with E-state index in [0.29, 0.717) is 24.3 Å². The summed E-state index contributed by atoms with van der Waals surface area (Å²) in [6, 6.07) is 7.36. The van der Waals surface area contributed by atoms with Gasteiger partial charge in [-0.3, -0.25) is 4.79 Å². The van der Waals surface area contributed by atoms with E-state index in [-0.39, 0.29) is 0 Å². The quantitative estimate of drug-likeness (QED) is 0.810. The van der Waals surface area contributed by atoms with E-state index in [0.717, 1.165) is 12.8 Å². The number of ether oxygens (including phenoxy) is 2. The highest BCUT2D eigenvalue weighted by molar-refractivity contribution is 5.72. The number of rotatable bonds is 1. The summed E-state index contributed by atoms with van der Waals surface area (Å²) in [5, 5.41) is 9.28. The first-order valence-corrected chi connectivity index (χ1v) is 5.91. The molecular weight excluding hydrogens is 220 g/mol. The molecule has 1 N–H and O–H groups in total. The summed E-state index contributed by atoms with van der Waals surface area (Å²) in [5.74, 6) is -1.09. The summed E-state index contributed by atoms with van der Waals surface area (Å²) >= 11 is 0. The maximum atomic E-state index is 11.3. The third kappa shape index (κ3) is 1.55. The molecule has 17 heavy (non-hydrogen) atoms. The number of carboxylic acid groups (broad SMARTS) is 1. The molecule has 90 valence electrons. The van der Waals surface area contributed by atoms with Gasteiger partial charge in [-0.25, -0.2) is 0 Å². The Balaban J connectivity index is 1.95. The highest BCUT2D eigenvalue weighted by Crippen LogP contribution is 2.47. The van der Waals surface area contributed by atoms with E-state index in [1.165, 1.54) is 0 Å². The smallest absolute Gasteiger partial charge is 0.314 e. The minimum atomic E-state index is -0.978. The summed E-state index contributed by atoms with van der Waals surface area (Å²) in [6.07, 6.45) is 3.11. The number of aliphatic carboxylic acids is 1. The average molecular weight is 234 g/mol. The van der Waals surface area contributed by atoms with Crippen molar-refractivity contribution in [1.29, 1.82) is 0 Å². The van der Waals surface area contributed by atoms with E-state index < -0.39 is 17.7 Å². The molecule has 0 saturated heterocycles. The standard InChI is InChI=1S/C13H14O4/c14-12(15)9-5-3-4-8-13(9)16-10-6-1-2-7-11(10)17-13/h1-2,6-7,9H,3-5,8H2,(H,14,15). The van der Waals surface area contributed by atoms with E-state index in [4.69, 9.17) is 9.47 Å². The average Bonchev–Trinajstić information content (AvgIpc) is 2.67. The Morgan fingerprint density at radius 3 is 2.47 bits per heavy atom. The molecule has 0 amide bonds. The Morgan fingerprint density at radius 1 is 1.24 bits per heavy atom. The zero-order valence-corrected chi connectivity index (χ0v) is 9.39. The normalized spacial score (nSPS) is 24.8. The van der Waals surface area contributed by atoms with Gasteiger partial charge in [0.1, 0.15) is 5.92 Å². The number of hydrogen-bond donors (Lipinski definition) is 1. The molecule has 1 aliphatic carbocycles. The van der Waals surface area contributed by atoms with Crippen molar-refractivity contribution in [2.45, 2.75) is 31.5 Å². The molecule has 0 aromatic heterocycles. The van der Waals surface area contributed by atoms with Gasteiger partial charge in [0.15, 0.2) is 11.5 Å². The van der Waals surface area contributed by atoms with Crippen LogP contribution in [0.5, 0.6) is 11.5 Å². The number of benzene rings is 1. The van der Waals surface area contributed by atoms with Gasteiger partial charge in [0.05, 0.1) is 0 Å². The summed E-state index contributed by atoms with van der Waals surface area (Å²) < 4.78 is 11.6. The van der Waals surface area contributed by atoms with Crippen LogP contribution in [-0.2, 0) is 4.79 Å². The van der Waals surface area contributed by atoms with E-state index in [1.54, 1.807) is 0 Å². The van der Waals surface area contributed by atoms with Gasteiger partial charge >= 0.3 is 5.97 Å². The number of carbonyl (C=O) groups is 1. The van der Waals surface area contributed by atoms with Crippen LogP contribution < -0.4 is 9.47 Å². The molecule has 1 aromatic carbocycles. The predicted octanol–water partition coefficient (Wildman–Crippen LogP) is 2.43. The van der Waals surface area contributed by atoms with Crippen LogP contribution >= 0.6 is 0 Å². The van der Waals surface area contributed by atoms with Crippen LogP contribution in [0.25, 0.3) is 0 Å². The van der Waals surface area contributed by atoms with Crippen molar-refractivity contribution in [3.63, 3.8) is 0 Å². The maximum absolute atomic E-state index is 11.3. The van der Waals surface area contributed by atoms with Crippen LogP contribution in [0.4, 0.5) is 0 Å². The van der Waals surface area contributed by atoms with Gasteiger partial charge in [-0.1, -0.05) is 18.6 Å². The van der Waals surface area contributed by atoms with Gasteiger partial charge in [-0.2, -0.15) is 0 Å². The van der Waals surface area contributed by atoms with E-state index >= 15 is 0 Å². The molecule has 4 heteroatoms. The third-order valence-electron chi connectivity index (χ3n) is 3.51. The minimum Gasteiger partial charge on any atom is -0.481 e. The Morgan fingerprint density at radius 2 is 1.88 bits per heavy atom. The van der Waals surface area contributed by atoms with Crippen LogP contribution in [0, 0.1) is 5.92 Å². The van der Waals surface area contributed by atoms with Crippen molar-refractivity contribution < 1.29 is 19.4 Å². The lowest BCUT2D eigenvalue weighted by atomic mass is 9.83. The topological polar surface area (TPSA) is 55.8 Å². The predicted molar refractivity (Wildman–Crippen MR) is 60.0 cm³/mol. The molecule has 0 bridgehead atoms. The molecule has 1 spiro atoms. The first-order valence-electron chi connectivity index (χ1n) is 5.91. The van der Waals surface area contributed by atoms with Crippen molar-refractivity contribution in [2.75, 3.05) is 0 Å². The monoisotopic (exact) mass is 234 g/mol. The van der Waals surface area contributed by atoms with Crippen molar-refractivity contribution in [1.82, 2.24) is 0 Å². The molecule has 1 saturated carbocycles. The lowest BCUT2D eigenvalue weighted by Gasteiger charge is -2.36. The summed E-state index contributed by atoms with van der Waals surface area (Å²) in [6.45, 7) is 0. The highest BCUT2D eigenvalue weighted by atomic mass is 16.7. The van der Waals surface area contributed by atoms with E-state index in [9.17, 15) is 9.90 Å². The molecule has 1 heterocycles. The van der Waals surface area contributed by atoms with Crippen LogP contribution in [0.2, 0.25) is 0 Å². The molecule has 1 unspecified atom stereocenters. The fourth-order valence-corrected chi connectivity index (χ4v) is 2.68. The molecule has 4 nitrogen and oxygen atoms in total. The van der Waals surface area contributed by atoms with Crippen molar-refractivity contribution in [3.8, 4) is 11.5 Å². The maximum Gasteiger partial charge on any atom is 0.314 e. The summed E-state index contributed by atoms with van der Waals surface area (Å²) in [7, 11) is 0. The Hall–Kier alpha value is -1.71. The fourth-order valence-electron chi connectivity index (χ4n) is 2.68. The Labute approximate surface area is 99.2 Å². The zero-order valence-electron chi connectivity index (χ0n) is 9.39. The first kappa shape index (κ1) is 10.4. The second-order valence-electron chi connectivity index (χ2n) is 4.60. The second kappa shape index (κ2) is 3.65. The van der Waals surface area contributed by atoms with E-state index in [2.05, 4.69) is 0 Å². The van der Waals surface area contributed by atoms with Gasteiger partial charge in [0.25, 0.3) is 5.79 Å². The fraction of sp³-hybridized carbons (Fsp3) is 0.462. The zero-order chi connectivity index (χ0) is 11.9. The molecular formula is C13H14O4. The van der Waals surface area contributed by atoms with Gasteiger partial charge in [-0.15, -0.1) is 0 Å². The molecule has 3 rings (SSSR count). The molecule has 2 aliphatic rings. The third-order valence-corrected chi connectivity index (χ3v) is 3.51. The minimum absolute atomic E-state index is 0.580. The molecule has 0 radical (unpaired) electrons. The summed E-state index contributed by atoms with van der Waals surface area (Å²) in [5.41, 5.74) is 0. The summed E-state index contributed by atoms with van der Waals surface area (Å²) in [4.78, 5) is 11.3. The van der Waals surface area contributed by atoms with Crippen LogP contribution in [0.3, 0.4) is 0 Å². The second-order valence-corrected chi connectivity index (χ2v) is 4.60. The SMILES string of the molecule is O=C(O)C1CCCCC12Oc1ccccc1O2. The van der Waals surface area contributed by atoms with Crippen molar-refractivity contribution in [3.05, 3.63) is 24.3 Å². The van der Waals surface area contributed by atoms with Crippen LogP contribution in [0.15, 0.2) is 24.3 Å². The lowest BCUT2D eigenvalue weighted by molar-refractivity contribution is -0.180. The van der Waals surface area contributed by atoms with Gasteiger partial charge in [-0.05, 0) is 25.0 Å². The molecule has 1 fully saturated rings. The van der Waals surface area contributed by atoms with Gasteiger partial charge < -0.3 is 14.6 Å².